The van der Waals surface area contributed by atoms with Gasteiger partial charge in [0, 0.05) is 33.3 Å². The molecule has 2 saturated heterocycles. The van der Waals surface area contributed by atoms with Crippen LogP contribution < -0.4 is 4.74 Å². The number of Topliss-reactive ketones (excluding diaryl/α,β-unsaturated/α-hetero) is 1. The summed E-state index contributed by atoms with van der Waals surface area (Å²) < 4.78 is 65.9. The molecule has 3 rings (SSSR count). The van der Waals surface area contributed by atoms with Gasteiger partial charge in [-0.1, -0.05) is 0 Å². The summed E-state index contributed by atoms with van der Waals surface area (Å²) in [6.07, 6.45) is -2.40. The summed E-state index contributed by atoms with van der Waals surface area (Å²) >= 11 is 0. The van der Waals surface area contributed by atoms with Gasteiger partial charge in [0.05, 0.1) is 5.56 Å². The van der Waals surface area contributed by atoms with Gasteiger partial charge in [-0.05, 0) is 37.8 Å². The van der Waals surface area contributed by atoms with Crippen molar-refractivity contribution in [2.24, 2.45) is 5.92 Å². The molecular formula is C15H14F4O3S. The van der Waals surface area contributed by atoms with Crippen molar-refractivity contribution in [3.8, 4) is 5.75 Å². The number of ether oxygens (including phenoxy) is 1. The lowest BCUT2D eigenvalue weighted by Crippen LogP contribution is -2.32. The second-order valence-corrected chi connectivity index (χ2v) is 7.86. The monoisotopic (exact) mass is 350 g/mol. The molecule has 0 saturated carbocycles. The van der Waals surface area contributed by atoms with Crippen molar-refractivity contribution in [3.05, 3.63) is 29.6 Å². The van der Waals surface area contributed by atoms with Crippen LogP contribution in [-0.4, -0.2) is 26.9 Å². The van der Waals surface area contributed by atoms with Crippen LogP contribution >= 0.6 is 0 Å². The third-order valence-corrected chi connectivity index (χ3v) is 6.54. The molecule has 2 aliphatic rings. The number of hydrogen-bond acceptors (Lipinski definition) is 3. The number of alkyl halides is 3. The highest BCUT2D eigenvalue weighted by atomic mass is 32.2. The SMILES string of the molecule is O=C(c1ccc(OC(F)(F)F)cc1F)C1CC2CCC(C1)S2=O. The molecule has 1 aromatic carbocycles. The molecule has 1 aromatic rings. The minimum absolute atomic E-state index is 0.0291. The van der Waals surface area contributed by atoms with E-state index in [1.807, 2.05) is 0 Å². The summed E-state index contributed by atoms with van der Waals surface area (Å²) in [6, 6.07) is 2.52. The number of rotatable bonds is 3. The fourth-order valence-electron chi connectivity index (χ4n) is 3.36. The molecular weight excluding hydrogens is 336 g/mol. The first-order valence-corrected chi connectivity index (χ1v) is 8.51. The highest BCUT2D eigenvalue weighted by Crippen LogP contribution is 2.40. The molecule has 0 aliphatic carbocycles. The summed E-state index contributed by atoms with van der Waals surface area (Å²) in [5, 5.41) is -0.0582. The molecule has 2 heterocycles. The van der Waals surface area contributed by atoms with Gasteiger partial charge >= 0.3 is 6.36 Å². The fraction of sp³-hybridized carbons (Fsp3) is 0.533. The Morgan fingerprint density at radius 3 is 2.30 bits per heavy atom. The number of halogens is 4. The van der Waals surface area contributed by atoms with E-state index in [-0.39, 0.29) is 16.1 Å². The molecule has 126 valence electrons. The van der Waals surface area contributed by atoms with Gasteiger partial charge in [0.1, 0.15) is 11.6 Å². The summed E-state index contributed by atoms with van der Waals surface area (Å²) in [5.74, 6) is -2.59. The minimum Gasteiger partial charge on any atom is -0.406 e. The molecule has 2 fully saturated rings. The van der Waals surface area contributed by atoms with Gasteiger partial charge in [-0.3, -0.25) is 9.00 Å². The van der Waals surface area contributed by atoms with Gasteiger partial charge in [-0.2, -0.15) is 0 Å². The van der Waals surface area contributed by atoms with Crippen molar-refractivity contribution in [1.82, 2.24) is 0 Å². The molecule has 2 atom stereocenters. The maximum absolute atomic E-state index is 14.0. The number of carbonyl (C=O) groups excluding carboxylic acids is 1. The Morgan fingerprint density at radius 1 is 1.17 bits per heavy atom. The average Bonchev–Trinajstić information content (AvgIpc) is 2.67. The van der Waals surface area contributed by atoms with Crippen LogP contribution in [0.25, 0.3) is 0 Å². The van der Waals surface area contributed by atoms with E-state index >= 15 is 0 Å². The lowest BCUT2D eigenvalue weighted by atomic mass is 9.90. The highest BCUT2D eigenvalue weighted by Gasteiger charge is 2.43. The molecule has 0 amide bonds. The zero-order valence-electron chi connectivity index (χ0n) is 11.9. The fourth-order valence-corrected chi connectivity index (χ4v) is 5.48. The Bertz CT molecular complexity index is 643. The normalized spacial score (nSPS) is 30.3. The molecule has 0 N–H and O–H groups in total. The van der Waals surface area contributed by atoms with E-state index in [0.717, 1.165) is 25.0 Å². The Hall–Kier alpha value is -1.44. The highest BCUT2D eigenvalue weighted by molar-refractivity contribution is 7.86. The van der Waals surface area contributed by atoms with Crippen LogP contribution in [0.15, 0.2) is 18.2 Å². The topological polar surface area (TPSA) is 43.4 Å². The largest absolute Gasteiger partial charge is 0.573 e. The van der Waals surface area contributed by atoms with Gasteiger partial charge in [-0.25, -0.2) is 4.39 Å². The van der Waals surface area contributed by atoms with Crippen molar-refractivity contribution in [2.45, 2.75) is 42.5 Å². The number of hydrogen-bond donors (Lipinski definition) is 0. The molecule has 0 aromatic heterocycles. The maximum Gasteiger partial charge on any atom is 0.573 e. The third kappa shape index (κ3) is 3.41. The lowest BCUT2D eigenvalue weighted by molar-refractivity contribution is -0.274. The first kappa shape index (κ1) is 16.4. The molecule has 0 radical (unpaired) electrons. The molecule has 0 spiro atoms. The summed E-state index contributed by atoms with van der Waals surface area (Å²) in [5.41, 5.74) is -0.239. The van der Waals surface area contributed by atoms with E-state index in [4.69, 9.17) is 0 Å². The second-order valence-electron chi connectivity index (χ2n) is 5.87. The van der Waals surface area contributed by atoms with Crippen LogP contribution in [-0.2, 0) is 10.8 Å². The van der Waals surface area contributed by atoms with Crippen molar-refractivity contribution < 1.29 is 31.3 Å². The summed E-state index contributed by atoms with van der Waals surface area (Å²) in [4.78, 5) is 12.4. The van der Waals surface area contributed by atoms with E-state index in [0.29, 0.717) is 18.9 Å². The number of carbonyl (C=O) groups is 1. The Balaban J connectivity index is 1.77. The Labute approximate surface area is 132 Å². The van der Waals surface area contributed by atoms with Gasteiger partial charge in [0.15, 0.2) is 5.78 Å². The van der Waals surface area contributed by atoms with Crippen molar-refractivity contribution >= 4 is 16.6 Å². The number of fused-ring (bicyclic) bond motifs is 2. The lowest BCUT2D eigenvalue weighted by Gasteiger charge is -2.26. The first-order valence-electron chi connectivity index (χ1n) is 7.23. The smallest absolute Gasteiger partial charge is 0.406 e. The number of ketones is 1. The van der Waals surface area contributed by atoms with Crippen LogP contribution in [0.5, 0.6) is 5.75 Å². The van der Waals surface area contributed by atoms with Gasteiger partial charge in [-0.15, -0.1) is 13.2 Å². The van der Waals surface area contributed by atoms with Crippen molar-refractivity contribution in [3.63, 3.8) is 0 Å². The Morgan fingerprint density at radius 2 is 1.78 bits per heavy atom. The molecule has 8 heteroatoms. The van der Waals surface area contributed by atoms with Gasteiger partial charge in [0.2, 0.25) is 0 Å². The molecule has 2 unspecified atom stereocenters. The Kier molecular flexibility index (Phi) is 4.20. The van der Waals surface area contributed by atoms with Crippen LogP contribution in [0.1, 0.15) is 36.0 Å². The third-order valence-electron chi connectivity index (χ3n) is 4.37. The van der Waals surface area contributed by atoms with Gasteiger partial charge < -0.3 is 4.74 Å². The molecule has 3 nitrogen and oxygen atoms in total. The van der Waals surface area contributed by atoms with Crippen LogP contribution in [0, 0.1) is 11.7 Å². The minimum atomic E-state index is -4.91. The van der Waals surface area contributed by atoms with Crippen LogP contribution in [0.4, 0.5) is 17.6 Å². The summed E-state index contributed by atoms with van der Waals surface area (Å²) in [6.45, 7) is 0. The average molecular weight is 350 g/mol. The van der Waals surface area contributed by atoms with E-state index in [1.54, 1.807) is 0 Å². The quantitative estimate of drug-likeness (QED) is 0.618. The zero-order valence-corrected chi connectivity index (χ0v) is 12.8. The molecule has 2 aliphatic heterocycles. The predicted molar refractivity (Wildman–Crippen MR) is 75.1 cm³/mol. The van der Waals surface area contributed by atoms with Crippen molar-refractivity contribution in [1.29, 1.82) is 0 Å². The molecule has 2 bridgehead atoms. The first-order chi connectivity index (χ1) is 10.7. The van der Waals surface area contributed by atoms with Crippen molar-refractivity contribution in [2.75, 3.05) is 0 Å². The van der Waals surface area contributed by atoms with Crippen LogP contribution in [0.2, 0.25) is 0 Å². The van der Waals surface area contributed by atoms with E-state index in [9.17, 15) is 26.6 Å². The second kappa shape index (κ2) is 5.89. The van der Waals surface area contributed by atoms with Gasteiger partial charge in [0.25, 0.3) is 0 Å². The maximum atomic E-state index is 14.0. The predicted octanol–water partition coefficient (Wildman–Crippen LogP) is 3.60. The summed E-state index contributed by atoms with van der Waals surface area (Å²) in [7, 11) is -0.924. The van der Waals surface area contributed by atoms with E-state index < -0.39 is 40.4 Å². The zero-order chi connectivity index (χ0) is 16.8. The molecule has 23 heavy (non-hydrogen) atoms. The van der Waals surface area contributed by atoms with Crippen LogP contribution in [0.3, 0.4) is 0 Å². The van der Waals surface area contributed by atoms with E-state index in [2.05, 4.69) is 4.74 Å². The van der Waals surface area contributed by atoms with E-state index in [1.165, 1.54) is 0 Å². The standard InChI is InChI=1S/C15H14F4O3S/c16-13-7-9(22-15(17,18)19)1-4-12(13)14(20)8-5-10-2-3-11(6-8)23(10)21/h1,4,7-8,10-11H,2-3,5-6H2. The number of benzene rings is 1.